The van der Waals surface area contributed by atoms with Crippen LogP contribution < -0.4 is 15.4 Å². The second kappa shape index (κ2) is 9.02. The summed E-state index contributed by atoms with van der Waals surface area (Å²) < 4.78 is 18.4. The molecule has 0 heterocycles. The van der Waals surface area contributed by atoms with Gasteiger partial charge >= 0.3 is 6.03 Å². The van der Waals surface area contributed by atoms with Gasteiger partial charge in [-0.3, -0.25) is 4.79 Å². The minimum Gasteiger partial charge on any atom is -0.495 e. The molecule has 2 N–H and O–H groups in total. The number of amides is 3. The molecule has 0 saturated heterocycles. The average Bonchev–Trinajstić information content (AvgIpc) is 2.62. The number of methoxy groups -OCH3 is 1. The third-order valence-electron chi connectivity index (χ3n) is 4.18. The molecular weight excluding hydrogens is 349 g/mol. The van der Waals surface area contributed by atoms with Crippen molar-refractivity contribution in [1.29, 1.82) is 0 Å². The largest absolute Gasteiger partial charge is 0.495 e. The van der Waals surface area contributed by atoms with E-state index in [9.17, 15) is 14.0 Å². The normalized spacial score (nSPS) is 11.4. The van der Waals surface area contributed by atoms with Gasteiger partial charge in [0, 0.05) is 19.2 Å². The lowest BCUT2D eigenvalue weighted by Gasteiger charge is -2.29. The quantitative estimate of drug-likeness (QED) is 0.788. The highest BCUT2D eigenvalue weighted by atomic mass is 19.1. The number of carbonyl (C=O) groups is 2. The molecule has 2 aromatic rings. The molecule has 0 bridgehead atoms. The number of hydrogen-bond donors (Lipinski definition) is 2. The zero-order valence-electron chi connectivity index (χ0n) is 15.9. The Morgan fingerprint density at radius 2 is 1.81 bits per heavy atom. The third kappa shape index (κ3) is 5.20. The number of rotatable bonds is 6. The van der Waals surface area contributed by atoms with Crippen molar-refractivity contribution in [2.75, 3.05) is 24.3 Å². The molecule has 0 aromatic heterocycles. The summed E-state index contributed by atoms with van der Waals surface area (Å²) in [6, 6.07) is 10.5. The molecule has 1 atom stereocenters. The summed E-state index contributed by atoms with van der Waals surface area (Å²) in [5.41, 5.74) is 1.82. The molecule has 0 unspecified atom stereocenters. The van der Waals surface area contributed by atoms with Crippen LogP contribution in [0, 0.1) is 5.82 Å². The van der Waals surface area contributed by atoms with E-state index in [1.54, 1.807) is 35.2 Å². The third-order valence-corrected chi connectivity index (χ3v) is 4.18. The number of carbonyl (C=O) groups excluding carboxylic acids is 2. The highest BCUT2D eigenvalue weighted by Gasteiger charge is 2.21. The van der Waals surface area contributed by atoms with Crippen molar-refractivity contribution < 1.29 is 18.7 Å². The molecule has 0 radical (unpaired) electrons. The van der Waals surface area contributed by atoms with Crippen molar-refractivity contribution >= 4 is 23.3 Å². The second-order valence-electron chi connectivity index (χ2n) is 6.04. The zero-order chi connectivity index (χ0) is 20.0. The Labute approximate surface area is 158 Å². The Kier molecular flexibility index (Phi) is 6.76. The van der Waals surface area contributed by atoms with Gasteiger partial charge in [0.2, 0.25) is 5.91 Å². The minimum absolute atomic E-state index is 0.211. The maximum absolute atomic E-state index is 13.2. The lowest BCUT2D eigenvalue weighted by atomic mass is 10.1. The summed E-state index contributed by atoms with van der Waals surface area (Å²) in [6.45, 7) is 5.61. The van der Waals surface area contributed by atoms with Gasteiger partial charge in [0.15, 0.2) is 0 Å². The van der Waals surface area contributed by atoms with E-state index in [1.165, 1.54) is 26.2 Å². The molecule has 3 amide bonds. The van der Waals surface area contributed by atoms with Gasteiger partial charge in [-0.1, -0.05) is 12.1 Å². The van der Waals surface area contributed by atoms with Crippen molar-refractivity contribution in [3.05, 3.63) is 53.8 Å². The number of halogens is 1. The molecule has 27 heavy (non-hydrogen) atoms. The Morgan fingerprint density at radius 3 is 2.37 bits per heavy atom. The van der Waals surface area contributed by atoms with E-state index < -0.39 is 0 Å². The van der Waals surface area contributed by atoms with E-state index in [2.05, 4.69) is 10.6 Å². The Bertz CT molecular complexity index is 809. The number of nitrogens with zero attached hydrogens (tertiary/aromatic N) is 1. The number of anilines is 2. The van der Waals surface area contributed by atoms with Gasteiger partial charge in [0.25, 0.3) is 0 Å². The van der Waals surface area contributed by atoms with Crippen molar-refractivity contribution in [3.63, 3.8) is 0 Å². The van der Waals surface area contributed by atoms with Gasteiger partial charge in [0.05, 0.1) is 18.8 Å². The first-order chi connectivity index (χ1) is 12.8. The SMILES string of the molecule is CCN(C(=O)Nc1cc(NC(C)=O)ccc1OC)[C@H](C)c1ccc(F)cc1. The van der Waals surface area contributed by atoms with Crippen LogP contribution in [0.2, 0.25) is 0 Å². The van der Waals surface area contributed by atoms with Crippen molar-refractivity contribution in [2.24, 2.45) is 0 Å². The van der Waals surface area contributed by atoms with E-state index in [1.807, 2.05) is 13.8 Å². The minimum atomic E-state index is -0.326. The summed E-state index contributed by atoms with van der Waals surface area (Å²) in [4.78, 5) is 25.7. The Morgan fingerprint density at radius 1 is 1.15 bits per heavy atom. The van der Waals surface area contributed by atoms with E-state index in [0.29, 0.717) is 23.7 Å². The molecular formula is C20H24FN3O3. The molecule has 0 spiro atoms. The van der Waals surface area contributed by atoms with Crippen LogP contribution >= 0.6 is 0 Å². The summed E-state index contributed by atoms with van der Waals surface area (Å²) in [5.74, 6) is -0.0570. The van der Waals surface area contributed by atoms with Gasteiger partial charge in [-0.15, -0.1) is 0 Å². The zero-order valence-corrected chi connectivity index (χ0v) is 15.9. The predicted octanol–water partition coefficient (Wildman–Crippen LogP) is 4.41. The lowest BCUT2D eigenvalue weighted by Crippen LogP contribution is -2.37. The molecule has 0 aliphatic rings. The molecule has 6 nitrogen and oxygen atoms in total. The fourth-order valence-corrected chi connectivity index (χ4v) is 2.79. The monoisotopic (exact) mass is 373 g/mol. The van der Waals surface area contributed by atoms with Crippen molar-refractivity contribution in [3.8, 4) is 5.75 Å². The highest BCUT2D eigenvalue weighted by Crippen LogP contribution is 2.29. The van der Waals surface area contributed by atoms with Crippen molar-refractivity contribution in [2.45, 2.75) is 26.8 Å². The van der Waals surface area contributed by atoms with Gasteiger partial charge in [0.1, 0.15) is 11.6 Å². The molecule has 2 rings (SSSR count). The summed E-state index contributed by atoms with van der Waals surface area (Å²) in [6.07, 6.45) is 0. The lowest BCUT2D eigenvalue weighted by molar-refractivity contribution is -0.114. The fraction of sp³-hybridized carbons (Fsp3) is 0.300. The Balaban J connectivity index is 2.22. The number of nitrogens with one attached hydrogen (secondary N) is 2. The van der Waals surface area contributed by atoms with E-state index in [0.717, 1.165) is 5.56 Å². The highest BCUT2D eigenvalue weighted by molar-refractivity contribution is 5.94. The van der Waals surface area contributed by atoms with E-state index >= 15 is 0 Å². The maximum Gasteiger partial charge on any atom is 0.322 e. The molecule has 2 aromatic carbocycles. The molecule has 0 aliphatic heterocycles. The summed E-state index contributed by atoms with van der Waals surface area (Å²) in [5, 5.41) is 5.50. The van der Waals surface area contributed by atoms with Gasteiger partial charge in [-0.25, -0.2) is 9.18 Å². The van der Waals surface area contributed by atoms with Gasteiger partial charge in [-0.05, 0) is 49.7 Å². The summed E-state index contributed by atoms with van der Waals surface area (Å²) in [7, 11) is 1.50. The standard InChI is InChI=1S/C20H24FN3O3/c1-5-24(13(2)15-6-8-16(21)9-7-15)20(26)23-18-12-17(22-14(3)25)10-11-19(18)27-4/h6-13H,5H2,1-4H3,(H,22,25)(H,23,26)/t13-/m1/s1. The first-order valence-electron chi connectivity index (χ1n) is 8.64. The Hall–Kier alpha value is -3.09. The molecule has 7 heteroatoms. The first kappa shape index (κ1) is 20.2. The van der Waals surface area contributed by atoms with E-state index in [4.69, 9.17) is 4.74 Å². The van der Waals surface area contributed by atoms with Crippen LogP contribution in [-0.2, 0) is 4.79 Å². The van der Waals surface area contributed by atoms with Crippen LogP contribution in [0.15, 0.2) is 42.5 Å². The van der Waals surface area contributed by atoms with Crippen LogP contribution in [0.1, 0.15) is 32.4 Å². The molecule has 144 valence electrons. The number of hydrogen-bond acceptors (Lipinski definition) is 3. The molecule has 0 saturated carbocycles. The van der Waals surface area contributed by atoms with Crippen LogP contribution in [0.4, 0.5) is 20.6 Å². The first-order valence-corrected chi connectivity index (χ1v) is 8.64. The van der Waals surface area contributed by atoms with Crippen LogP contribution in [-0.4, -0.2) is 30.5 Å². The van der Waals surface area contributed by atoms with Crippen LogP contribution in [0.3, 0.4) is 0 Å². The van der Waals surface area contributed by atoms with Crippen molar-refractivity contribution in [1.82, 2.24) is 4.90 Å². The van der Waals surface area contributed by atoms with E-state index in [-0.39, 0.29) is 23.8 Å². The number of ether oxygens (including phenoxy) is 1. The topological polar surface area (TPSA) is 70.7 Å². The number of urea groups is 1. The van der Waals surface area contributed by atoms with Gasteiger partial charge < -0.3 is 20.3 Å². The maximum atomic E-state index is 13.2. The number of benzene rings is 2. The average molecular weight is 373 g/mol. The smallest absolute Gasteiger partial charge is 0.322 e. The molecule has 0 fully saturated rings. The van der Waals surface area contributed by atoms with Gasteiger partial charge in [-0.2, -0.15) is 0 Å². The van der Waals surface area contributed by atoms with Crippen LogP contribution in [0.25, 0.3) is 0 Å². The predicted molar refractivity (Wildman–Crippen MR) is 104 cm³/mol. The fourth-order valence-electron chi connectivity index (χ4n) is 2.79. The molecule has 0 aliphatic carbocycles. The van der Waals surface area contributed by atoms with Crippen LogP contribution in [0.5, 0.6) is 5.75 Å². The second-order valence-corrected chi connectivity index (χ2v) is 6.04. The summed E-state index contributed by atoms with van der Waals surface area (Å²) >= 11 is 0.